The van der Waals surface area contributed by atoms with E-state index >= 15 is 0 Å². The number of nitrogens with two attached hydrogens (primary N) is 1. The monoisotopic (exact) mass is 224 g/mol. The van der Waals surface area contributed by atoms with Gasteiger partial charge in [-0.3, -0.25) is 4.57 Å². The van der Waals surface area contributed by atoms with E-state index in [0.717, 1.165) is 12.1 Å². The number of benzene rings is 1. The van der Waals surface area contributed by atoms with Crippen molar-refractivity contribution in [2.75, 3.05) is 6.54 Å². The molecule has 0 aliphatic carbocycles. The molecule has 0 bridgehead atoms. The largest absolute Gasteiger partial charge is 0.330 e. The van der Waals surface area contributed by atoms with E-state index in [-0.39, 0.29) is 0 Å². The minimum Gasteiger partial charge on any atom is -0.330 e. The van der Waals surface area contributed by atoms with E-state index in [9.17, 15) is 8.78 Å². The van der Waals surface area contributed by atoms with E-state index in [1.807, 2.05) is 0 Å². The molecule has 1 aromatic carbocycles. The molecule has 1 heterocycles. The zero-order valence-electron chi connectivity index (χ0n) is 8.40. The van der Waals surface area contributed by atoms with Crippen LogP contribution in [-0.2, 0) is 6.42 Å². The Balaban J connectivity index is 2.42. The summed E-state index contributed by atoms with van der Waals surface area (Å²) in [7, 11) is 0. The maximum atomic E-state index is 13.0. The van der Waals surface area contributed by atoms with Crippen LogP contribution in [0.25, 0.3) is 5.69 Å². The molecule has 0 saturated carbocycles. The molecule has 0 saturated heterocycles. The van der Waals surface area contributed by atoms with Crippen LogP contribution in [0.5, 0.6) is 0 Å². The highest BCUT2D eigenvalue weighted by Gasteiger charge is 2.08. The summed E-state index contributed by atoms with van der Waals surface area (Å²) in [6.07, 6.45) is 1.97. The quantitative estimate of drug-likeness (QED) is 0.847. The molecule has 0 atom stereocenters. The first-order valence-corrected chi connectivity index (χ1v) is 4.77. The fraction of sp³-hybridized carbons (Fsp3) is 0.200. The summed E-state index contributed by atoms with van der Waals surface area (Å²) in [6, 6.07) is 3.62. The summed E-state index contributed by atoms with van der Waals surface area (Å²) in [6.45, 7) is 0.419. The maximum absolute atomic E-state index is 13.0. The second-order valence-electron chi connectivity index (χ2n) is 3.25. The van der Waals surface area contributed by atoms with Gasteiger partial charge in [0.15, 0.2) is 11.6 Å². The van der Waals surface area contributed by atoms with Crippen LogP contribution >= 0.6 is 0 Å². The molecule has 0 unspecified atom stereocenters. The lowest BCUT2D eigenvalue weighted by Crippen LogP contribution is -2.08. The molecule has 84 valence electrons. The number of nitrogens with zero attached hydrogens (tertiary/aromatic N) is 3. The van der Waals surface area contributed by atoms with Crippen molar-refractivity contribution in [2.24, 2.45) is 5.73 Å². The highest BCUT2D eigenvalue weighted by atomic mass is 19.2. The number of hydrogen-bond donors (Lipinski definition) is 1. The van der Waals surface area contributed by atoms with Crippen molar-refractivity contribution < 1.29 is 8.78 Å². The van der Waals surface area contributed by atoms with Gasteiger partial charge in [0.2, 0.25) is 0 Å². The van der Waals surface area contributed by atoms with Crippen LogP contribution in [0.2, 0.25) is 0 Å². The van der Waals surface area contributed by atoms with Gasteiger partial charge in [0.1, 0.15) is 12.2 Å². The predicted octanol–water partition coefficient (Wildman–Crippen LogP) is 1.05. The van der Waals surface area contributed by atoms with Gasteiger partial charge in [-0.1, -0.05) is 0 Å². The van der Waals surface area contributed by atoms with Gasteiger partial charge in [0.25, 0.3) is 0 Å². The summed E-state index contributed by atoms with van der Waals surface area (Å²) >= 11 is 0. The first-order chi connectivity index (χ1) is 7.72. The van der Waals surface area contributed by atoms with Crippen molar-refractivity contribution in [2.45, 2.75) is 6.42 Å². The third kappa shape index (κ3) is 1.92. The fourth-order valence-corrected chi connectivity index (χ4v) is 1.41. The number of rotatable bonds is 3. The Hall–Kier alpha value is -1.82. The second-order valence-corrected chi connectivity index (χ2v) is 3.25. The molecule has 0 aliphatic heterocycles. The molecule has 6 heteroatoms. The summed E-state index contributed by atoms with van der Waals surface area (Å²) in [5.74, 6) is -1.16. The predicted molar refractivity (Wildman–Crippen MR) is 54.0 cm³/mol. The molecule has 0 fully saturated rings. The van der Waals surface area contributed by atoms with Crippen molar-refractivity contribution in [1.29, 1.82) is 0 Å². The van der Waals surface area contributed by atoms with Crippen LogP contribution in [0.1, 0.15) is 5.82 Å². The van der Waals surface area contributed by atoms with Crippen molar-refractivity contribution in [1.82, 2.24) is 14.8 Å². The maximum Gasteiger partial charge on any atom is 0.160 e. The van der Waals surface area contributed by atoms with E-state index in [1.54, 1.807) is 4.57 Å². The topological polar surface area (TPSA) is 56.7 Å². The third-order valence-electron chi connectivity index (χ3n) is 2.17. The molecule has 1 aromatic heterocycles. The molecule has 2 N–H and O–H groups in total. The zero-order valence-corrected chi connectivity index (χ0v) is 8.40. The van der Waals surface area contributed by atoms with E-state index < -0.39 is 11.6 Å². The molecule has 0 amide bonds. The van der Waals surface area contributed by atoms with E-state index in [2.05, 4.69) is 10.2 Å². The van der Waals surface area contributed by atoms with Crippen LogP contribution in [0.3, 0.4) is 0 Å². The van der Waals surface area contributed by atoms with Crippen LogP contribution in [0, 0.1) is 11.6 Å². The number of aromatic nitrogens is 3. The molecule has 0 radical (unpaired) electrons. The van der Waals surface area contributed by atoms with Gasteiger partial charge in [0, 0.05) is 12.5 Å². The molecule has 4 nitrogen and oxygen atoms in total. The molecule has 16 heavy (non-hydrogen) atoms. The molecule has 2 rings (SSSR count). The first-order valence-electron chi connectivity index (χ1n) is 4.77. The molecular formula is C10H10F2N4. The Kier molecular flexibility index (Phi) is 2.91. The molecule has 0 aliphatic rings. The zero-order chi connectivity index (χ0) is 11.5. The lowest BCUT2D eigenvalue weighted by atomic mass is 10.3. The van der Waals surface area contributed by atoms with Crippen LogP contribution in [-0.4, -0.2) is 21.3 Å². The molecule has 2 aromatic rings. The highest BCUT2D eigenvalue weighted by Crippen LogP contribution is 2.14. The van der Waals surface area contributed by atoms with Gasteiger partial charge in [-0.15, -0.1) is 10.2 Å². The summed E-state index contributed by atoms with van der Waals surface area (Å²) in [5.41, 5.74) is 5.88. The first kappa shape index (κ1) is 10.7. The second kappa shape index (κ2) is 4.36. The van der Waals surface area contributed by atoms with E-state index in [1.165, 1.54) is 12.4 Å². The number of hydrogen-bond acceptors (Lipinski definition) is 3. The minimum atomic E-state index is -0.898. The van der Waals surface area contributed by atoms with E-state index in [4.69, 9.17) is 5.73 Å². The standard InChI is InChI=1S/C10H10F2N4/c11-8-2-1-7(5-9(8)12)16-6-14-15-10(16)3-4-13/h1-2,5-6H,3-4,13H2. The van der Waals surface area contributed by atoms with Crippen LogP contribution < -0.4 is 5.73 Å². The minimum absolute atomic E-state index is 0.419. The van der Waals surface area contributed by atoms with Gasteiger partial charge in [-0.05, 0) is 18.7 Å². The van der Waals surface area contributed by atoms with Crippen molar-refractivity contribution in [3.05, 3.63) is 42.0 Å². The lowest BCUT2D eigenvalue weighted by molar-refractivity contribution is 0.508. The van der Waals surface area contributed by atoms with Gasteiger partial charge in [-0.2, -0.15) is 0 Å². The Labute approximate surface area is 90.7 Å². The Bertz CT molecular complexity index is 495. The summed E-state index contributed by atoms with van der Waals surface area (Å²) in [5, 5.41) is 7.56. The van der Waals surface area contributed by atoms with Crippen molar-refractivity contribution in [3.63, 3.8) is 0 Å². The molecule has 0 spiro atoms. The normalized spacial score (nSPS) is 10.7. The van der Waals surface area contributed by atoms with Crippen molar-refractivity contribution in [3.8, 4) is 5.69 Å². The Morgan fingerprint density at radius 2 is 2.06 bits per heavy atom. The Morgan fingerprint density at radius 3 is 2.75 bits per heavy atom. The third-order valence-corrected chi connectivity index (χ3v) is 2.17. The van der Waals surface area contributed by atoms with Crippen LogP contribution in [0.15, 0.2) is 24.5 Å². The van der Waals surface area contributed by atoms with Gasteiger partial charge >= 0.3 is 0 Å². The fourth-order valence-electron chi connectivity index (χ4n) is 1.41. The smallest absolute Gasteiger partial charge is 0.160 e. The van der Waals surface area contributed by atoms with Gasteiger partial charge in [-0.25, -0.2) is 8.78 Å². The van der Waals surface area contributed by atoms with E-state index in [0.29, 0.717) is 24.5 Å². The van der Waals surface area contributed by atoms with Crippen LogP contribution in [0.4, 0.5) is 8.78 Å². The lowest BCUT2D eigenvalue weighted by Gasteiger charge is -2.05. The Morgan fingerprint density at radius 1 is 1.25 bits per heavy atom. The van der Waals surface area contributed by atoms with Crippen molar-refractivity contribution >= 4 is 0 Å². The molecular weight excluding hydrogens is 214 g/mol. The highest BCUT2D eigenvalue weighted by molar-refractivity contribution is 5.33. The summed E-state index contributed by atoms with van der Waals surface area (Å²) in [4.78, 5) is 0. The number of halogens is 2. The average molecular weight is 224 g/mol. The summed E-state index contributed by atoms with van der Waals surface area (Å²) < 4.78 is 27.4. The average Bonchev–Trinajstić information content (AvgIpc) is 2.71. The van der Waals surface area contributed by atoms with Gasteiger partial charge in [0.05, 0.1) is 5.69 Å². The van der Waals surface area contributed by atoms with Gasteiger partial charge < -0.3 is 5.73 Å². The SMILES string of the molecule is NCCc1nncn1-c1ccc(F)c(F)c1.